The molecule has 10 heteroatoms. The van der Waals surface area contributed by atoms with E-state index in [0.717, 1.165) is 36.8 Å². The van der Waals surface area contributed by atoms with Gasteiger partial charge >= 0.3 is 0 Å². The number of rotatable bonds is 5. The van der Waals surface area contributed by atoms with Gasteiger partial charge in [0.1, 0.15) is 5.15 Å². The second-order valence-electron chi connectivity index (χ2n) is 8.01. The predicted molar refractivity (Wildman–Crippen MR) is 122 cm³/mol. The lowest BCUT2D eigenvalue weighted by atomic mass is 9.74. The molecular weight excluding hydrogens is 459 g/mol. The fraction of sp³-hybridized carbons (Fsp3) is 0.381. The molecule has 2 aromatic heterocycles. The summed E-state index contributed by atoms with van der Waals surface area (Å²) in [6, 6.07) is 6.48. The molecule has 0 bridgehead atoms. The van der Waals surface area contributed by atoms with Gasteiger partial charge in [-0.3, -0.25) is 9.52 Å². The van der Waals surface area contributed by atoms with Gasteiger partial charge in [-0.05, 0) is 38.0 Å². The van der Waals surface area contributed by atoms with Crippen molar-refractivity contribution < 1.29 is 13.2 Å². The van der Waals surface area contributed by atoms with Crippen LogP contribution in [0.2, 0.25) is 10.2 Å². The summed E-state index contributed by atoms with van der Waals surface area (Å²) in [5.74, 6) is -0.585. The largest absolute Gasteiger partial charge is 0.294 e. The van der Waals surface area contributed by atoms with Gasteiger partial charge in [0, 0.05) is 40.2 Å². The van der Waals surface area contributed by atoms with Crippen LogP contribution in [0.3, 0.4) is 0 Å². The molecule has 0 aliphatic heterocycles. The van der Waals surface area contributed by atoms with Crippen molar-refractivity contribution in [3.05, 3.63) is 57.5 Å². The Morgan fingerprint density at radius 1 is 1.19 bits per heavy atom. The number of ketones is 1. The first kappa shape index (κ1) is 22.0. The van der Waals surface area contributed by atoms with Crippen LogP contribution in [0.25, 0.3) is 5.65 Å². The summed E-state index contributed by atoms with van der Waals surface area (Å²) in [6.07, 6.45) is 6.27. The fourth-order valence-electron chi connectivity index (χ4n) is 4.20. The molecule has 1 aromatic carbocycles. The van der Waals surface area contributed by atoms with Crippen LogP contribution in [-0.4, -0.2) is 35.1 Å². The predicted octanol–water partition coefficient (Wildman–Crippen LogP) is 4.87. The minimum atomic E-state index is -3.55. The summed E-state index contributed by atoms with van der Waals surface area (Å²) in [7, 11) is -3.55. The molecule has 2 atom stereocenters. The zero-order valence-electron chi connectivity index (χ0n) is 17.1. The normalized spacial score (nSPS) is 19.5. The zero-order chi connectivity index (χ0) is 22.3. The second kappa shape index (κ2) is 8.41. The van der Waals surface area contributed by atoms with Crippen LogP contribution in [0.15, 0.2) is 30.5 Å². The highest BCUT2D eigenvalue weighted by atomic mass is 35.5. The van der Waals surface area contributed by atoms with Crippen molar-refractivity contribution in [2.75, 3.05) is 11.0 Å². The Balaban J connectivity index is 1.73. The molecule has 0 saturated heterocycles. The number of Topliss-reactive ketones (excluding diaryl/α,β-unsaturated/α-hetero) is 1. The summed E-state index contributed by atoms with van der Waals surface area (Å²) in [4.78, 5) is 18.0. The second-order valence-corrected chi connectivity index (χ2v) is 10.6. The Kier molecular flexibility index (Phi) is 5.98. The maximum atomic E-state index is 13.6. The molecule has 0 spiro atoms. The van der Waals surface area contributed by atoms with Crippen molar-refractivity contribution in [3.63, 3.8) is 0 Å². The maximum absolute atomic E-state index is 13.6. The van der Waals surface area contributed by atoms with Crippen LogP contribution in [0.5, 0.6) is 0 Å². The SMILES string of the molecule is Cc1cn2nc([C@@H]3CCCCC3C(=O)c3cc(Cl)ccc3NS(C)(=O)=O)cc2nc1Cl. The smallest absolute Gasteiger partial charge is 0.229 e. The van der Waals surface area contributed by atoms with Gasteiger partial charge in [0.05, 0.1) is 17.6 Å². The molecule has 7 nitrogen and oxygen atoms in total. The number of sulfonamides is 1. The molecule has 1 N–H and O–H groups in total. The highest BCUT2D eigenvalue weighted by Gasteiger charge is 2.35. The quantitative estimate of drug-likeness (QED) is 0.415. The molecule has 0 radical (unpaired) electrons. The van der Waals surface area contributed by atoms with Crippen LogP contribution < -0.4 is 4.72 Å². The molecule has 4 rings (SSSR count). The Bertz CT molecular complexity index is 1230. The number of aryl methyl sites for hydroxylation is 1. The van der Waals surface area contributed by atoms with Gasteiger partial charge < -0.3 is 0 Å². The number of fused-ring (bicyclic) bond motifs is 1. The van der Waals surface area contributed by atoms with Gasteiger partial charge in [0.25, 0.3) is 0 Å². The van der Waals surface area contributed by atoms with Crippen molar-refractivity contribution in [1.82, 2.24) is 14.6 Å². The lowest BCUT2D eigenvalue weighted by Gasteiger charge is -2.29. The Labute approximate surface area is 190 Å². The number of carbonyl (C=O) groups excluding carboxylic acids is 1. The number of hydrogen-bond acceptors (Lipinski definition) is 5. The molecule has 31 heavy (non-hydrogen) atoms. The van der Waals surface area contributed by atoms with Crippen LogP contribution in [0.1, 0.15) is 53.2 Å². The van der Waals surface area contributed by atoms with E-state index in [0.29, 0.717) is 22.2 Å². The highest BCUT2D eigenvalue weighted by molar-refractivity contribution is 7.92. The number of carbonyl (C=O) groups is 1. The molecule has 164 valence electrons. The van der Waals surface area contributed by atoms with Crippen LogP contribution >= 0.6 is 23.2 Å². The van der Waals surface area contributed by atoms with Crippen LogP contribution in [-0.2, 0) is 10.0 Å². The van der Waals surface area contributed by atoms with E-state index in [1.165, 1.54) is 12.1 Å². The minimum absolute atomic E-state index is 0.105. The van der Waals surface area contributed by atoms with Crippen molar-refractivity contribution in [2.24, 2.45) is 5.92 Å². The van der Waals surface area contributed by atoms with Crippen molar-refractivity contribution in [2.45, 2.75) is 38.5 Å². The number of hydrogen-bond donors (Lipinski definition) is 1. The Hall–Kier alpha value is -2.16. The third kappa shape index (κ3) is 4.71. The maximum Gasteiger partial charge on any atom is 0.229 e. The lowest BCUT2D eigenvalue weighted by molar-refractivity contribution is 0.0867. The summed E-state index contributed by atoms with van der Waals surface area (Å²) in [5.41, 5.74) is 2.74. The number of halogens is 2. The molecule has 2 heterocycles. The number of nitrogens with one attached hydrogen (secondary N) is 1. The molecule has 1 aliphatic rings. The molecule has 1 unspecified atom stereocenters. The van der Waals surface area contributed by atoms with E-state index in [4.69, 9.17) is 23.2 Å². The van der Waals surface area contributed by atoms with E-state index in [9.17, 15) is 13.2 Å². The van der Waals surface area contributed by atoms with Gasteiger partial charge in [-0.15, -0.1) is 0 Å². The Morgan fingerprint density at radius 2 is 1.94 bits per heavy atom. The summed E-state index contributed by atoms with van der Waals surface area (Å²) >= 11 is 12.3. The van der Waals surface area contributed by atoms with E-state index in [1.807, 2.05) is 19.2 Å². The molecule has 1 saturated carbocycles. The third-order valence-corrected chi connectivity index (χ3v) is 6.82. The van der Waals surface area contributed by atoms with E-state index in [1.54, 1.807) is 10.6 Å². The molecular formula is C21H22Cl2N4O3S. The number of nitrogens with zero attached hydrogens (tertiary/aromatic N) is 3. The molecule has 1 aliphatic carbocycles. The number of benzene rings is 1. The topological polar surface area (TPSA) is 93.4 Å². The molecule has 1 fully saturated rings. The standard InChI is InChI=1S/C21H22Cl2N4O3S/c1-12-11-27-19(24-21(12)23)10-18(25-27)14-5-3-4-6-15(14)20(28)16-9-13(22)7-8-17(16)26-31(2,29)30/h7-11,14-15,26H,3-6H2,1-2H3/t14-,15?/m1/s1. The van der Waals surface area contributed by atoms with Gasteiger partial charge in [-0.25, -0.2) is 17.9 Å². The number of anilines is 1. The highest BCUT2D eigenvalue weighted by Crippen LogP contribution is 2.40. The van der Waals surface area contributed by atoms with Crippen molar-refractivity contribution in [3.8, 4) is 0 Å². The van der Waals surface area contributed by atoms with Gasteiger partial charge in [-0.2, -0.15) is 5.10 Å². The van der Waals surface area contributed by atoms with E-state index in [-0.39, 0.29) is 28.9 Å². The van der Waals surface area contributed by atoms with Gasteiger partial charge in [0.2, 0.25) is 10.0 Å². The van der Waals surface area contributed by atoms with Gasteiger partial charge in [-0.1, -0.05) is 36.0 Å². The summed E-state index contributed by atoms with van der Waals surface area (Å²) in [6.45, 7) is 1.86. The Morgan fingerprint density at radius 3 is 2.68 bits per heavy atom. The monoisotopic (exact) mass is 480 g/mol. The van der Waals surface area contributed by atoms with Crippen LogP contribution in [0.4, 0.5) is 5.69 Å². The first-order valence-corrected chi connectivity index (χ1v) is 12.6. The van der Waals surface area contributed by atoms with Crippen molar-refractivity contribution in [1.29, 1.82) is 0 Å². The third-order valence-electron chi connectivity index (χ3n) is 5.61. The van der Waals surface area contributed by atoms with Crippen molar-refractivity contribution >= 4 is 50.3 Å². The van der Waals surface area contributed by atoms with Crippen LogP contribution in [0, 0.1) is 12.8 Å². The number of aromatic nitrogens is 3. The molecule has 0 amide bonds. The average molecular weight is 481 g/mol. The van der Waals surface area contributed by atoms with E-state index >= 15 is 0 Å². The zero-order valence-corrected chi connectivity index (χ0v) is 19.4. The first-order chi connectivity index (χ1) is 14.6. The van der Waals surface area contributed by atoms with E-state index in [2.05, 4.69) is 14.8 Å². The fourth-order valence-corrected chi connectivity index (χ4v) is 5.08. The summed E-state index contributed by atoms with van der Waals surface area (Å²) < 4.78 is 27.7. The molecule has 3 aromatic rings. The van der Waals surface area contributed by atoms with E-state index < -0.39 is 10.0 Å². The first-order valence-electron chi connectivity index (χ1n) is 9.96. The minimum Gasteiger partial charge on any atom is -0.294 e. The van der Waals surface area contributed by atoms with Gasteiger partial charge in [0.15, 0.2) is 11.4 Å². The average Bonchev–Trinajstić information content (AvgIpc) is 3.10. The lowest BCUT2D eigenvalue weighted by Crippen LogP contribution is -2.27. The summed E-state index contributed by atoms with van der Waals surface area (Å²) in [5, 5.41) is 5.46.